The minimum atomic E-state index is 0.393. The zero-order chi connectivity index (χ0) is 105. The van der Waals surface area contributed by atoms with Gasteiger partial charge in [-0.3, -0.25) is 0 Å². The summed E-state index contributed by atoms with van der Waals surface area (Å²) in [7, 11) is 0. The Bertz CT molecular complexity index is 3510. The van der Waals surface area contributed by atoms with E-state index in [-0.39, 0.29) is 0 Å². The van der Waals surface area contributed by atoms with Gasteiger partial charge in [0.2, 0.25) is 0 Å². The highest BCUT2D eigenvalue weighted by atomic mass is 16.5. The van der Waals surface area contributed by atoms with E-state index >= 15 is 0 Å². The van der Waals surface area contributed by atoms with Crippen molar-refractivity contribution in [1.29, 1.82) is 0 Å². The fraction of sp³-hybridized carbons (Fsp3) is 0.706. The van der Waals surface area contributed by atoms with E-state index in [4.69, 9.17) is 57.8 Å². The smallest absolute Gasteiger partial charge is 0.198 e. The zero-order valence-electron chi connectivity index (χ0n) is 97.0. The van der Waals surface area contributed by atoms with E-state index in [0.717, 1.165) is 171 Å². The predicted molar refractivity (Wildman–Crippen MR) is 643 cm³/mol. The molecule has 12 heteroatoms. The molecule has 0 aliphatic carbocycles. The Labute approximate surface area is 910 Å². The normalized spacial score (nSPS) is 11.8. The van der Waals surface area contributed by atoms with Gasteiger partial charge in [0.05, 0.1) is 75.6 Å². The molecule has 0 bridgehead atoms. The topological polar surface area (TPSA) is 125 Å². The summed E-state index contributed by atoms with van der Waals surface area (Å²) in [4.78, 5) is 22.0. The van der Waals surface area contributed by atoms with Crippen LogP contribution >= 0.6 is 0 Å². The molecule has 0 radical (unpaired) electrons. The molecule has 0 aliphatic rings. The molecule has 0 amide bonds. The SMILES string of the molecule is CCCCCCCCCCCCOc1cc(/C=C/c2cc(/C=C/c3cc(OCCCCCCCCCCCC)cc(OCCCCCCCCCCCC)c3)nc(-c3nc(/C=C/c4cc(OCCCCCCCCCCCC)cc(OCCCCCCCCCCCC)c4)cc(/C=C/c4cc(OCCCCCCCCCCCC)cc(OCCCCCCCCCCCC)c4)n3)n2)cc(OCCCCCCCCCCCC)c1. The van der Waals surface area contributed by atoms with Gasteiger partial charge >= 0.3 is 0 Å². The lowest BCUT2D eigenvalue weighted by Crippen LogP contribution is -2.02. The van der Waals surface area contributed by atoms with Crippen LogP contribution in [0.4, 0.5) is 0 Å². The molecule has 834 valence electrons. The lowest BCUT2D eigenvalue weighted by molar-refractivity contribution is 0.289. The maximum absolute atomic E-state index is 6.72. The first-order chi connectivity index (χ1) is 73.2. The second-order valence-corrected chi connectivity index (χ2v) is 43.6. The fourth-order valence-corrected chi connectivity index (χ4v) is 19.9. The average molecular weight is 2040 g/mol. The first-order valence-electron chi connectivity index (χ1n) is 63.4. The van der Waals surface area contributed by atoms with Crippen molar-refractivity contribution >= 4 is 48.6 Å². The highest BCUT2D eigenvalue weighted by molar-refractivity contribution is 5.77. The fourth-order valence-electron chi connectivity index (χ4n) is 19.9. The third-order valence-electron chi connectivity index (χ3n) is 29.3. The average Bonchev–Trinajstić information content (AvgIpc) is 0.809. The van der Waals surface area contributed by atoms with Crippen molar-refractivity contribution < 1.29 is 37.9 Å². The minimum absolute atomic E-state index is 0.393. The summed E-state index contributed by atoms with van der Waals surface area (Å²) >= 11 is 0. The molecule has 0 spiro atoms. The Hall–Kier alpha value is -7.60. The van der Waals surface area contributed by atoms with E-state index in [0.29, 0.717) is 87.3 Å². The van der Waals surface area contributed by atoms with Crippen molar-refractivity contribution in [3.8, 4) is 57.6 Å². The van der Waals surface area contributed by atoms with Crippen LogP contribution in [0.5, 0.6) is 46.0 Å². The van der Waals surface area contributed by atoms with E-state index in [2.05, 4.69) is 189 Å². The van der Waals surface area contributed by atoms with Gasteiger partial charge < -0.3 is 37.9 Å². The van der Waals surface area contributed by atoms with Crippen LogP contribution in [-0.2, 0) is 0 Å². The van der Waals surface area contributed by atoms with Crippen LogP contribution in [0.15, 0.2) is 84.9 Å². The predicted octanol–water partition coefficient (Wildman–Crippen LogP) is 44.0. The number of hydrogen-bond donors (Lipinski definition) is 0. The summed E-state index contributed by atoms with van der Waals surface area (Å²) in [6.45, 7) is 23.7. The zero-order valence-corrected chi connectivity index (χ0v) is 97.0. The number of rotatable bonds is 105. The Morgan fingerprint density at radius 1 is 0.128 bits per heavy atom. The largest absolute Gasteiger partial charge is 0.493 e. The maximum atomic E-state index is 6.72. The van der Waals surface area contributed by atoms with Crippen LogP contribution in [-0.4, -0.2) is 72.8 Å². The molecule has 0 N–H and O–H groups in total. The van der Waals surface area contributed by atoms with Gasteiger partial charge in [-0.15, -0.1) is 0 Å². The molecule has 0 unspecified atom stereocenters. The molecule has 2 heterocycles. The molecule has 4 aromatic carbocycles. The number of ether oxygens (including phenoxy) is 8. The number of unbranched alkanes of at least 4 members (excludes halogenated alkanes) is 72. The van der Waals surface area contributed by atoms with Gasteiger partial charge in [0.15, 0.2) is 11.6 Å². The van der Waals surface area contributed by atoms with Gasteiger partial charge in [0.1, 0.15) is 46.0 Å². The standard InChI is InChI=1S/C136H222N4O8/c1-9-17-25-33-41-49-57-65-73-81-97-141-127-105-119(106-128(115-127)142-98-82-74-66-58-50-42-34-26-18-10-2)89-93-123-113-124(94-90-120-107-129(143-99-83-75-67-59-51-43-35-27-19-11-3)116-130(108-120)144-100-84-76-68-60-52-44-36-28-20-12-4)138-135(137-123)136-139-125(95-91-121-109-131(145-101-85-77-69-61-53-45-37-29-21-13-5)117-132(110-121)146-102-86-78-70-62-54-46-38-30-22-14-6)114-126(140-136)96-92-122-111-133(147-103-87-79-71-63-55-47-39-31-23-15-7)118-134(112-122)148-104-88-80-72-64-56-48-40-32-24-16-8/h89-96,105-118H,9-88,97-104H2,1-8H3/b93-89+,94-90+,95-91+,96-92+. The molecular formula is C136H222N4O8. The maximum Gasteiger partial charge on any atom is 0.198 e. The Morgan fingerprint density at radius 3 is 0.351 bits per heavy atom. The van der Waals surface area contributed by atoms with Crippen LogP contribution in [0.2, 0.25) is 0 Å². The van der Waals surface area contributed by atoms with Crippen molar-refractivity contribution in [1.82, 2.24) is 19.9 Å². The Balaban J connectivity index is 1.49. The van der Waals surface area contributed by atoms with Crippen molar-refractivity contribution in [2.24, 2.45) is 0 Å². The summed E-state index contributed by atoms with van der Waals surface area (Å²) in [5.74, 6) is 7.32. The number of aromatic nitrogens is 4. The molecule has 0 aliphatic heterocycles. The molecule has 6 aromatic rings. The first-order valence-corrected chi connectivity index (χ1v) is 63.4. The lowest BCUT2D eigenvalue weighted by Gasteiger charge is -2.12. The van der Waals surface area contributed by atoms with E-state index in [1.807, 2.05) is 0 Å². The van der Waals surface area contributed by atoms with E-state index in [9.17, 15) is 0 Å². The summed E-state index contributed by atoms with van der Waals surface area (Å²) < 4.78 is 53.7. The molecule has 12 nitrogen and oxygen atoms in total. The second kappa shape index (κ2) is 94.2. The molecule has 2 aromatic heterocycles. The van der Waals surface area contributed by atoms with Crippen LogP contribution in [0.1, 0.15) is 614 Å². The highest BCUT2D eigenvalue weighted by Gasteiger charge is 2.16. The number of benzene rings is 4. The molecule has 0 saturated heterocycles. The van der Waals surface area contributed by atoms with Gasteiger partial charge in [-0.25, -0.2) is 19.9 Å². The number of hydrogen-bond acceptors (Lipinski definition) is 12. The van der Waals surface area contributed by atoms with Crippen LogP contribution in [0.25, 0.3) is 60.3 Å². The highest BCUT2D eigenvalue weighted by Crippen LogP contribution is 2.34. The van der Waals surface area contributed by atoms with Crippen molar-refractivity contribution in [2.45, 2.75) is 569 Å². The van der Waals surface area contributed by atoms with Gasteiger partial charge in [-0.2, -0.15) is 0 Å². The van der Waals surface area contributed by atoms with Gasteiger partial charge in [0.25, 0.3) is 0 Å². The van der Waals surface area contributed by atoms with Crippen molar-refractivity contribution in [2.75, 3.05) is 52.9 Å². The molecule has 0 saturated carbocycles. The third kappa shape index (κ3) is 70.6. The summed E-state index contributed by atoms with van der Waals surface area (Å²) in [6, 6.07) is 29.8. The van der Waals surface area contributed by atoms with Crippen LogP contribution in [0.3, 0.4) is 0 Å². The Morgan fingerprint density at radius 2 is 0.236 bits per heavy atom. The molecule has 0 atom stereocenters. The van der Waals surface area contributed by atoms with E-state index in [1.54, 1.807) is 0 Å². The molecule has 6 rings (SSSR count). The second-order valence-electron chi connectivity index (χ2n) is 43.6. The van der Waals surface area contributed by atoms with E-state index in [1.165, 1.54) is 411 Å². The van der Waals surface area contributed by atoms with Gasteiger partial charge in [-0.05, 0) is 159 Å². The van der Waals surface area contributed by atoms with E-state index < -0.39 is 0 Å². The first kappa shape index (κ1) is 129. The summed E-state index contributed by atoms with van der Waals surface area (Å²) in [5.41, 5.74) is 6.66. The molecular weight excluding hydrogens is 1820 g/mol. The molecule has 0 fully saturated rings. The van der Waals surface area contributed by atoms with Crippen molar-refractivity contribution in [3.05, 3.63) is 130 Å². The summed E-state index contributed by atoms with van der Waals surface area (Å²) in [5, 5.41) is 0. The summed E-state index contributed by atoms with van der Waals surface area (Å²) in [6.07, 6.45) is 119. The monoisotopic (exact) mass is 2040 g/mol. The Kier molecular flexibility index (Phi) is 82.1. The van der Waals surface area contributed by atoms with Gasteiger partial charge in [0, 0.05) is 24.3 Å². The van der Waals surface area contributed by atoms with Crippen LogP contribution in [0, 0.1) is 0 Å². The third-order valence-corrected chi connectivity index (χ3v) is 29.3. The minimum Gasteiger partial charge on any atom is -0.493 e. The lowest BCUT2D eigenvalue weighted by atomic mass is 10.1. The molecule has 148 heavy (non-hydrogen) atoms. The van der Waals surface area contributed by atoms with Gasteiger partial charge in [-0.1, -0.05) is 542 Å². The van der Waals surface area contributed by atoms with Crippen LogP contribution < -0.4 is 37.9 Å². The number of nitrogens with zero attached hydrogens (tertiary/aromatic N) is 4. The van der Waals surface area contributed by atoms with Crippen molar-refractivity contribution in [3.63, 3.8) is 0 Å². The quantitative estimate of drug-likeness (QED) is 0.0338.